The molecule has 5 aromatic carbocycles. The summed E-state index contributed by atoms with van der Waals surface area (Å²) >= 11 is 1.77. The van der Waals surface area contributed by atoms with Gasteiger partial charge in [-0.2, -0.15) is 17.4 Å². The molecule has 4 heterocycles. The first-order valence-corrected chi connectivity index (χ1v) is 26.2. The Labute approximate surface area is 403 Å². The van der Waals surface area contributed by atoms with E-state index in [4.69, 9.17) is 14.4 Å². The number of thiophene rings is 1. The van der Waals surface area contributed by atoms with Gasteiger partial charge in [0.1, 0.15) is 0 Å². The fourth-order valence-corrected chi connectivity index (χ4v) is 11.5. The largest absolute Gasteiger partial charge is 3.00 e. The molecule has 8 heteroatoms. The van der Waals surface area contributed by atoms with E-state index in [1.54, 1.807) is 11.3 Å². The Morgan fingerprint density at radius 3 is 2.17 bits per heavy atom. The third-order valence-electron chi connectivity index (χ3n) is 11.9. The monoisotopic (exact) mass is 1060 g/mol. The summed E-state index contributed by atoms with van der Waals surface area (Å²) < 4.78 is 39.6. The van der Waals surface area contributed by atoms with Crippen LogP contribution < -0.4 is 10.1 Å². The molecule has 8 aromatic rings. The number of aromatic nitrogens is 2. The van der Waals surface area contributed by atoms with Crippen molar-refractivity contribution in [1.82, 2.24) is 9.97 Å². The number of halogens is 1. The summed E-state index contributed by atoms with van der Waals surface area (Å²) in [4.78, 5) is 11.9. The molecule has 0 fully saturated rings. The van der Waals surface area contributed by atoms with Gasteiger partial charge in [0.15, 0.2) is 0 Å². The predicted octanol–water partition coefficient (Wildman–Crippen LogP) is 16.2. The molecule has 1 aliphatic heterocycles. The predicted molar refractivity (Wildman–Crippen MR) is 270 cm³/mol. The van der Waals surface area contributed by atoms with Crippen LogP contribution in [-0.2, 0) is 25.5 Å². The van der Waals surface area contributed by atoms with Crippen molar-refractivity contribution in [1.29, 1.82) is 0 Å². The van der Waals surface area contributed by atoms with E-state index in [2.05, 4.69) is 182 Å². The van der Waals surface area contributed by atoms with Gasteiger partial charge < -0.3 is 20.2 Å². The standard InChI is InChI=1S/C37H33N3S.C19H25FNSi.Ir/c1-22(2)28-18-26(25-13-7-6-8-14-25)19-29(23(3)4)36(28)40-31-16-10-9-15-30(31)39-37(40)27-20-33-35(38-21-27)34-24(5)12-11-17-32(34)41-33;1-13-9-8-10-14(18(13)20)16-11-15(19(2,3)4)17(12-21-16)22(5,6)7;/h6-19,21-23,37H,1-5H3;8-9,11-12H,1-7H3;/q-2;-1;+3/i;1D3;. The van der Waals surface area contributed by atoms with E-state index in [0.717, 1.165) is 32.7 Å². The maximum absolute atomic E-state index is 14.8. The molecular weight excluding hydrogens is 1000 g/mol. The fraction of sp³-hybridized carbons (Fsp3) is 0.286. The molecule has 0 N–H and O–H groups in total. The van der Waals surface area contributed by atoms with Crippen LogP contribution in [0.2, 0.25) is 19.6 Å². The van der Waals surface area contributed by atoms with Crippen LogP contribution in [0, 0.1) is 31.7 Å². The molecule has 0 saturated carbocycles. The van der Waals surface area contributed by atoms with Gasteiger partial charge in [0.05, 0.1) is 8.07 Å². The molecule has 1 aliphatic rings. The van der Waals surface area contributed by atoms with Gasteiger partial charge in [-0.3, -0.25) is 4.39 Å². The van der Waals surface area contributed by atoms with Crippen molar-refractivity contribution in [2.75, 3.05) is 4.90 Å². The van der Waals surface area contributed by atoms with Gasteiger partial charge in [-0.25, -0.2) is 0 Å². The Balaban J connectivity index is 0.000000221. The molecule has 0 spiro atoms. The van der Waals surface area contributed by atoms with Gasteiger partial charge in [0.2, 0.25) is 0 Å². The molecule has 1 unspecified atom stereocenters. The van der Waals surface area contributed by atoms with E-state index in [1.807, 2.05) is 18.5 Å². The summed E-state index contributed by atoms with van der Waals surface area (Å²) in [6.45, 7) is 22.0. The average molecular weight is 1060 g/mol. The Hall–Kier alpha value is -4.98. The smallest absolute Gasteiger partial charge is 0.661 e. The molecule has 1 atom stereocenters. The summed E-state index contributed by atoms with van der Waals surface area (Å²) in [6, 6.07) is 41.7. The number of para-hydroxylation sites is 2. The Morgan fingerprint density at radius 1 is 0.828 bits per heavy atom. The van der Waals surface area contributed by atoms with Crippen molar-refractivity contribution in [3.8, 4) is 22.4 Å². The first-order chi connectivity index (χ1) is 31.1. The van der Waals surface area contributed by atoms with E-state index in [1.165, 1.54) is 60.9 Å². The number of pyridine rings is 2. The molecule has 64 heavy (non-hydrogen) atoms. The van der Waals surface area contributed by atoms with Crippen molar-refractivity contribution in [2.24, 2.45) is 0 Å². The number of rotatable bonds is 7. The number of aryl methyl sites for hydroxylation is 2. The Bertz CT molecular complexity index is 3050. The molecular formula is C56H58FIrN4SSi. The van der Waals surface area contributed by atoms with Crippen LogP contribution >= 0.6 is 11.3 Å². The Kier molecular flexibility index (Phi) is 12.4. The summed E-state index contributed by atoms with van der Waals surface area (Å²) in [5.74, 6) is -0.111. The minimum absolute atomic E-state index is 0. The molecule has 0 saturated heterocycles. The van der Waals surface area contributed by atoms with Crippen LogP contribution in [0.1, 0.15) is 104 Å². The second kappa shape index (κ2) is 18.5. The van der Waals surface area contributed by atoms with Crippen molar-refractivity contribution >= 4 is 62.0 Å². The maximum atomic E-state index is 14.8. The van der Waals surface area contributed by atoms with Crippen molar-refractivity contribution in [3.05, 3.63) is 172 Å². The average Bonchev–Trinajstić information content (AvgIpc) is 3.84. The van der Waals surface area contributed by atoms with E-state index in [9.17, 15) is 4.39 Å². The summed E-state index contributed by atoms with van der Waals surface area (Å²) in [7, 11) is -1.62. The first-order valence-electron chi connectivity index (χ1n) is 23.4. The van der Waals surface area contributed by atoms with Crippen molar-refractivity contribution < 1.29 is 28.6 Å². The zero-order valence-electron chi connectivity index (χ0n) is 41.6. The van der Waals surface area contributed by atoms with Crippen molar-refractivity contribution in [3.63, 3.8) is 0 Å². The van der Waals surface area contributed by atoms with Crippen LogP contribution in [0.15, 0.2) is 116 Å². The minimum atomic E-state index is -2.50. The van der Waals surface area contributed by atoms with E-state index < -0.39 is 20.7 Å². The normalized spacial score (nSPS) is 14.7. The molecule has 3 aromatic heterocycles. The summed E-state index contributed by atoms with van der Waals surface area (Å²) in [5, 5.41) is 7.77. The van der Waals surface area contributed by atoms with Crippen LogP contribution in [0.25, 0.3) is 48.0 Å². The third kappa shape index (κ3) is 9.13. The molecule has 4 nitrogen and oxygen atoms in total. The number of anilines is 2. The number of hydrogen-bond donors (Lipinski definition) is 0. The van der Waals surface area contributed by atoms with Crippen LogP contribution in [0.4, 0.5) is 21.5 Å². The quantitative estimate of drug-likeness (QED) is 0.118. The zero-order valence-corrected chi connectivity index (χ0v) is 42.8. The van der Waals surface area contributed by atoms with Crippen molar-refractivity contribution in [2.45, 2.75) is 105 Å². The van der Waals surface area contributed by atoms with Gasteiger partial charge in [-0.1, -0.05) is 169 Å². The third-order valence-corrected chi connectivity index (χ3v) is 15.0. The molecule has 0 aliphatic carbocycles. The van der Waals surface area contributed by atoms with Gasteiger partial charge in [-0.15, -0.1) is 29.4 Å². The Morgan fingerprint density at radius 2 is 1.52 bits per heavy atom. The number of fused-ring (bicyclic) bond motifs is 4. The number of hydrogen-bond acceptors (Lipinski definition) is 4. The molecule has 0 radical (unpaired) electrons. The topological polar surface area (TPSA) is 43.1 Å². The zero-order chi connectivity index (χ0) is 47.5. The van der Waals surface area contributed by atoms with Gasteiger partial charge in [0, 0.05) is 32.2 Å². The second-order valence-electron chi connectivity index (χ2n) is 19.3. The van der Waals surface area contributed by atoms with Gasteiger partial charge in [-0.05, 0) is 104 Å². The van der Waals surface area contributed by atoms with Gasteiger partial charge >= 0.3 is 20.1 Å². The van der Waals surface area contributed by atoms with E-state index in [-0.39, 0.29) is 42.8 Å². The molecule has 0 bridgehead atoms. The van der Waals surface area contributed by atoms with Crippen LogP contribution in [0.5, 0.6) is 0 Å². The van der Waals surface area contributed by atoms with Gasteiger partial charge in [0.25, 0.3) is 0 Å². The minimum Gasteiger partial charge on any atom is -0.661 e. The first kappa shape index (κ1) is 42.9. The summed E-state index contributed by atoms with van der Waals surface area (Å²) in [5.41, 5.74) is 13.1. The molecule has 328 valence electrons. The van der Waals surface area contributed by atoms with E-state index in [0.29, 0.717) is 17.5 Å². The number of benzene rings is 5. The van der Waals surface area contributed by atoms with Crippen LogP contribution in [-0.4, -0.2) is 18.0 Å². The van der Waals surface area contributed by atoms with Crippen LogP contribution in [0.3, 0.4) is 0 Å². The fourth-order valence-electron chi connectivity index (χ4n) is 8.60. The maximum Gasteiger partial charge on any atom is 3.00 e. The van der Waals surface area contributed by atoms with E-state index >= 15 is 0 Å². The second-order valence-corrected chi connectivity index (χ2v) is 25.4. The summed E-state index contributed by atoms with van der Waals surface area (Å²) in [6.07, 6.45) is 3.58. The SMILES string of the molecule is Cc1cccc2sc3[c-]c(C4[N-]c5ccccc5N4c4c(C(C)C)cc(-c5ccccc5)cc4C(C)C)cnc3c12.[2H]C([2H])([2H])c1cc[c-]c(-c2cc(C(C)(C)C)c([Si](C)(C)C)cn2)c1F.[Ir+3]. The molecule has 0 amide bonds. The molecule has 9 rings (SSSR count). The number of nitrogens with zero attached hydrogens (tertiary/aromatic N) is 4.